The van der Waals surface area contributed by atoms with Gasteiger partial charge in [-0.25, -0.2) is 0 Å². The Morgan fingerprint density at radius 1 is 1.00 bits per heavy atom. The average Bonchev–Trinajstić information content (AvgIpc) is 3.66. The van der Waals surface area contributed by atoms with E-state index in [1.165, 1.54) is 79.0 Å². The van der Waals surface area contributed by atoms with Crippen LogP contribution in [0.5, 0.6) is 0 Å². The molecule has 1 aliphatic rings. The monoisotopic (exact) mass is 865 g/mol. The van der Waals surface area contributed by atoms with E-state index >= 15 is 0 Å². The Labute approximate surface area is 305 Å². The summed E-state index contributed by atoms with van der Waals surface area (Å²) in [5, 5.41) is 14.1. The van der Waals surface area contributed by atoms with Crippen molar-refractivity contribution in [3.63, 3.8) is 0 Å². The van der Waals surface area contributed by atoms with Crippen LogP contribution in [0.1, 0.15) is 94.9 Å². The Morgan fingerprint density at radius 2 is 1.61 bits per heavy atom. The number of hydrogen-bond donors (Lipinski definition) is 1. The van der Waals surface area contributed by atoms with Crippen molar-refractivity contribution >= 4 is 48.1 Å². The van der Waals surface area contributed by atoms with Crippen LogP contribution < -0.4 is 4.57 Å². The number of benzene rings is 3. The van der Waals surface area contributed by atoms with Crippen LogP contribution in [-0.4, -0.2) is 17.1 Å². The summed E-state index contributed by atoms with van der Waals surface area (Å²) in [6.07, 6.45) is 2.91. The fourth-order valence-corrected chi connectivity index (χ4v) is 8.35. The van der Waals surface area contributed by atoms with E-state index in [4.69, 9.17) is 5.11 Å². The molecule has 5 aromatic rings. The summed E-state index contributed by atoms with van der Waals surface area (Å²) in [5.41, 5.74) is 7.86. The molecule has 6 rings (SSSR count). The molecule has 1 aliphatic carbocycles. The second kappa shape index (κ2) is 14.9. The molecule has 3 aromatic carbocycles. The molecule has 8 heteroatoms. The molecule has 1 radical (unpaired) electrons. The standard InChI is InChI=1S/C33H34NS.C8H11F3O2.Ir/c1-20-24-13-9-10-14-25(24)29(33(3,4)5)19-28(20)30-32-27(17-18-34(30)6)26-16-15-23(21(2)31(26)35-32)22-11-7-8-12-22;1-5(2)3-6(12)4-7(13)8(9,10)11;/h9-10,13-19,22H,1,6-8,11-12H2,2-5H3;4-5,12H,3H2,1-2H3;/q-1;;/b;6-4-;. The van der Waals surface area contributed by atoms with Crippen molar-refractivity contribution in [1.29, 1.82) is 0 Å². The van der Waals surface area contributed by atoms with Gasteiger partial charge in [0, 0.05) is 49.0 Å². The van der Waals surface area contributed by atoms with E-state index in [-0.39, 0.29) is 43.9 Å². The molecular weight excluding hydrogens is 820 g/mol. The Hall–Kier alpha value is -3.32. The minimum Gasteiger partial charge on any atom is -0.512 e. The molecule has 3 nitrogen and oxygen atoms in total. The van der Waals surface area contributed by atoms with Crippen molar-refractivity contribution in [2.24, 2.45) is 5.92 Å². The van der Waals surface area contributed by atoms with Crippen molar-refractivity contribution in [3.05, 3.63) is 103 Å². The van der Waals surface area contributed by atoms with Gasteiger partial charge in [0.1, 0.15) is 0 Å². The Balaban J connectivity index is 0.000000332. The number of aliphatic hydroxyl groups excluding tert-OH is 1. The first kappa shape index (κ1) is 38.5. The summed E-state index contributed by atoms with van der Waals surface area (Å²) in [4.78, 5) is 10.3. The fraction of sp³-hybridized carbons (Fsp3) is 0.366. The van der Waals surface area contributed by atoms with Crippen LogP contribution in [0.25, 0.3) is 42.2 Å². The van der Waals surface area contributed by atoms with Gasteiger partial charge < -0.3 is 9.67 Å². The third-order valence-electron chi connectivity index (χ3n) is 9.32. The Morgan fingerprint density at radius 3 is 2.20 bits per heavy atom. The van der Waals surface area contributed by atoms with Crippen LogP contribution in [0.4, 0.5) is 13.2 Å². The van der Waals surface area contributed by atoms with Crippen LogP contribution in [0, 0.1) is 26.8 Å². The number of hydrogen-bond acceptors (Lipinski definition) is 3. The van der Waals surface area contributed by atoms with Crippen LogP contribution >= 0.6 is 11.3 Å². The molecule has 0 bridgehead atoms. The number of aromatic nitrogens is 1. The SMILES string of the molecule is CC(C)C/C(O)=C/C(=O)C(F)(F)F.[CH2-]c1c(-c2c3sc4c(C)c(C5CCCC5)ccc4c3cc[n+]2[CH2-])cc(C(C)(C)C)c2ccccc12.[Ir]. The molecule has 2 aromatic heterocycles. The number of rotatable bonds is 5. The zero-order valence-corrected chi connectivity index (χ0v) is 32.3. The number of thiophene rings is 1. The zero-order chi connectivity index (χ0) is 35.1. The maximum absolute atomic E-state index is 11.6. The summed E-state index contributed by atoms with van der Waals surface area (Å²) in [6, 6.07) is 18.1. The number of carbonyl (C=O) groups excluding carboxylic acids is 1. The second-order valence-electron chi connectivity index (χ2n) is 14.5. The van der Waals surface area contributed by atoms with Gasteiger partial charge in [-0.05, 0) is 65.0 Å². The Bertz CT molecular complexity index is 2030. The summed E-state index contributed by atoms with van der Waals surface area (Å²) >= 11 is 1.94. The predicted molar refractivity (Wildman–Crippen MR) is 194 cm³/mol. The van der Waals surface area contributed by atoms with Gasteiger partial charge in [0.25, 0.3) is 5.78 Å². The normalized spacial score (nSPS) is 14.4. The number of carbonyl (C=O) groups is 1. The fourth-order valence-electron chi connectivity index (χ4n) is 6.97. The molecule has 0 spiro atoms. The Kier molecular flexibility index (Phi) is 11.7. The molecule has 2 heterocycles. The smallest absolute Gasteiger partial charge is 0.454 e. The molecule has 0 atom stereocenters. The van der Waals surface area contributed by atoms with E-state index in [1.807, 2.05) is 11.3 Å². The maximum atomic E-state index is 11.6. The maximum Gasteiger partial charge on any atom is 0.454 e. The molecular formula is C41H45F3IrNO2S-. The van der Waals surface area contributed by atoms with Gasteiger partial charge >= 0.3 is 6.18 Å². The van der Waals surface area contributed by atoms with Gasteiger partial charge in [0.2, 0.25) is 0 Å². The van der Waals surface area contributed by atoms with Crippen molar-refractivity contribution < 1.29 is 47.7 Å². The molecule has 0 amide bonds. The summed E-state index contributed by atoms with van der Waals surface area (Å²) in [6.45, 7) is 17.3. The predicted octanol–water partition coefficient (Wildman–Crippen LogP) is 11.9. The van der Waals surface area contributed by atoms with Gasteiger partial charge in [-0.3, -0.25) is 4.79 Å². The van der Waals surface area contributed by atoms with Gasteiger partial charge in [-0.1, -0.05) is 88.7 Å². The van der Waals surface area contributed by atoms with Gasteiger partial charge in [0.15, 0.2) is 0 Å². The molecule has 49 heavy (non-hydrogen) atoms. The third-order valence-corrected chi connectivity index (χ3v) is 10.7. The summed E-state index contributed by atoms with van der Waals surface area (Å²) < 4.78 is 39.7. The number of alkyl halides is 3. The minimum atomic E-state index is -4.90. The first-order valence-electron chi connectivity index (χ1n) is 16.6. The largest absolute Gasteiger partial charge is 0.512 e. The van der Waals surface area contributed by atoms with Crippen molar-refractivity contribution in [2.75, 3.05) is 0 Å². The van der Waals surface area contributed by atoms with Gasteiger partial charge in [-0.2, -0.15) is 25.7 Å². The van der Waals surface area contributed by atoms with Crippen LogP contribution in [0.15, 0.2) is 66.6 Å². The average molecular weight is 865 g/mol. The molecule has 1 N–H and O–H groups in total. The molecule has 0 aliphatic heterocycles. The first-order valence-corrected chi connectivity index (χ1v) is 17.4. The summed E-state index contributed by atoms with van der Waals surface area (Å²) in [5.74, 6) is -1.82. The number of allylic oxidation sites excluding steroid dienone is 2. The number of aryl methyl sites for hydroxylation is 1. The van der Waals surface area contributed by atoms with E-state index in [0.717, 1.165) is 11.5 Å². The minimum absolute atomic E-state index is 0. The molecule has 0 unspecified atom stereocenters. The van der Waals surface area contributed by atoms with Crippen LogP contribution in [0.3, 0.4) is 0 Å². The van der Waals surface area contributed by atoms with Crippen molar-refractivity contribution in [2.45, 2.75) is 91.2 Å². The van der Waals surface area contributed by atoms with Crippen molar-refractivity contribution in [3.8, 4) is 11.3 Å². The number of ketones is 1. The molecule has 1 fully saturated rings. The zero-order valence-electron chi connectivity index (χ0n) is 29.1. The van der Waals surface area contributed by atoms with E-state index < -0.39 is 17.7 Å². The topological polar surface area (TPSA) is 41.2 Å². The van der Waals surface area contributed by atoms with E-state index in [9.17, 15) is 18.0 Å². The van der Waals surface area contributed by atoms with E-state index in [1.54, 1.807) is 19.4 Å². The van der Waals surface area contributed by atoms with Crippen LogP contribution in [0.2, 0.25) is 0 Å². The first-order chi connectivity index (χ1) is 22.5. The van der Waals surface area contributed by atoms with E-state index in [2.05, 4.69) is 101 Å². The van der Waals surface area contributed by atoms with Gasteiger partial charge in [0.05, 0.1) is 17.6 Å². The van der Waals surface area contributed by atoms with Gasteiger partial charge in [-0.15, -0.1) is 34.4 Å². The van der Waals surface area contributed by atoms with Crippen molar-refractivity contribution in [1.82, 2.24) is 0 Å². The molecule has 0 saturated heterocycles. The van der Waals surface area contributed by atoms with E-state index in [0.29, 0.717) is 0 Å². The molecule has 1 saturated carbocycles. The second-order valence-corrected chi connectivity index (χ2v) is 15.5. The quantitative estimate of drug-likeness (QED) is 0.0828. The number of pyridine rings is 1. The summed E-state index contributed by atoms with van der Waals surface area (Å²) in [7, 11) is 4.43. The number of nitrogens with zero attached hydrogens (tertiary/aromatic N) is 1. The molecule has 263 valence electrons. The number of halogens is 3. The number of aliphatic hydroxyl groups is 1. The number of fused-ring (bicyclic) bond motifs is 4. The third kappa shape index (κ3) is 8.03. The van der Waals surface area contributed by atoms with Crippen LogP contribution in [-0.2, 0) is 30.3 Å².